The summed E-state index contributed by atoms with van der Waals surface area (Å²) < 4.78 is 14.6. The van der Waals surface area contributed by atoms with E-state index in [0.29, 0.717) is 6.54 Å². The summed E-state index contributed by atoms with van der Waals surface area (Å²) in [6, 6.07) is 5.09. The molecule has 0 atom stereocenters. The van der Waals surface area contributed by atoms with Crippen molar-refractivity contribution in [2.75, 3.05) is 39.9 Å². The largest absolute Gasteiger partial charge is 0.314 e. The highest BCUT2D eigenvalue weighted by atomic mass is 79.9. The van der Waals surface area contributed by atoms with Gasteiger partial charge >= 0.3 is 0 Å². The molecule has 2 rings (SSSR count). The third-order valence-corrected chi connectivity index (χ3v) is 3.59. The maximum Gasteiger partial charge on any atom is 0.127 e. The zero-order chi connectivity index (χ0) is 13.0. The topological polar surface area (TPSA) is 18.5 Å². The molecule has 0 amide bonds. The summed E-state index contributed by atoms with van der Waals surface area (Å²) >= 11 is 3.38. The van der Waals surface area contributed by atoms with Gasteiger partial charge in [-0.2, -0.15) is 0 Å². The number of nitrogens with one attached hydrogen (secondary N) is 1. The van der Waals surface area contributed by atoms with Crippen molar-refractivity contribution in [3.05, 3.63) is 34.1 Å². The summed E-state index contributed by atoms with van der Waals surface area (Å²) in [6.45, 7) is 5.72. The van der Waals surface area contributed by atoms with E-state index < -0.39 is 0 Å². The summed E-state index contributed by atoms with van der Waals surface area (Å²) in [5, 5.41) is 3.33. The molecule has 100 valence electrons. The van der Waals surface area contributed by atoms with Crippen LogP contribution in [0.15, 0.2) is 22.7 Å². The third-order valence-electron chi connectivity index (χ3n) is 3.10. The molecule has 0 radical (unpaired) electrons. The van der Waals surface area contributed by atoms with Gasteiger partial charge in [0.1, 0.15) is 5.82 Å². The van der Waals surface area contributed by atoms with Crippen molar-refractivity contribution < 1.29 is 4.39 Å². The molecule has 1 aromatic carbocycles. The van der Waals surface area contributed by atoms with E-state index >= 15 is 0 Å². The molecule has 0 unspecified atom stereocenters. The van der Waals surface area contributed by atoms with Gasteiger partial charge in [-0.05, 0) is 25.2 Å². The van der Waals surface area contributed by atoms with Gasteiger partial charge in [-0.3, -0.25) is 9.80 Å². The quantitative estimate of drug-likeness (QED) is 0.915. The Bertz CT molecular complexity index is 394. The second kappa shape index (κ2) is 6.61. The molecule has 1 aromatic rings. The van der Waals surface area contributed by atoms with Gasteiger partial charge in [-0.25, -0.2) is 4.39 Å². The standard InChI is InChI=1S/C13H19BrFN3/c1-17(10-18-6-4-16-5-7-18)9-11-8-12(14)2-3-13(11)15/h2-3,8,16H,4-7,9-10H2,1H3. The summed E-state index contributed by atoms with van der Waals surface area (Å²) in [7, 11) is 2.03. The lowest BCUT2D eigenvalue weighted by Gasteiger charge is -2.31. The van der Waals surface area contributed by atoms with Gasteiger partial charge in [-0.1, -0.05) is 15.9 Å². The fourth-order valence-electron chi connectivity index (χ4n) is 2.20. The van der Waals surface area contributed by atoms with E-state index in [-0.39, 0.29) is 5.82 Å². The normalized spacial score (nSPS) is 17.3. The van der Waals surface area contributed by atoms with E-state index in [2.05, 4.69) is 31.0 Å². The summed E-state index contributed by atoms with van der Waals surface area (Å²) in [4.78, 5) is 4.53. The predicted molar refractivity (Wildman–Crippen MR) is 74.9 cm³/mol. The van der Waals surface area contributed by atoms with Crippen LogP contribution in [0, 0.1) is 5.82 Å². The average Bonchev–Trinajstić information content (AvgIpc) is 2.35. The van der Waals surface area contributed by atoms with Crippen LogP contribution in [0.1, 0.15) is 5.56 Å². The second-order valence-corrected chi connectivity index (χ2v) is 5.68. The Morgan fingerprint density at radius 1 is 1.39 bits per heavy atom. The molecule has 1 aliphatic rings. The Hall–Kier alpha value is -0.490. The monoisotopic (exact) mass is 315 g/mol. The highest BCUT2D eigenvalue weighted by Gasteiger charge is 2.13. The van der Waals surface area contributed by atoms with Gasteiger partial charge in [0.25, 0.3) is 0 Å². The third kappa shape index (κ3) is 4.02. The first-order valence-corrected chi connectivity index (χ1v) is 7.00. The van der Waals surface area contributed by atoms with Crippen molar-refractivity contribution in [3.8, 4) is 0 Å². The second-order valence-electron chi connectivity index (χ2n) is 4.76. The number of nitrogens with zero attached hydrogens (tertiary/aromatic N) is 2. The van der Waals surface area contributed by atoms with Gasteiger partial charge in [0.05, 0.1) is 6.67 Å². The van der Waals surface area contributed by atoms with E-state index in [1.807, 2.05) is 13.1 Å². The lowest BCUT2D eigenvalue weighted by Crippen LogP contribution is -2.47. The van der Waals surface area contributed by atoms with Crippen LogP contribution in [-0.4, -0.2) is 49.7 Å². The Labute approximate surface area is 116 Å². The molecule has 0 aromatic heterocycles. The molecule has 1 N–H and O–H groups in total. The van der Waals surface area contributed by atoms with Crippen LogP contribution in [-0.2, 0) is 6.54 Å². The molecule has 1 heterocycles. The van der Waals surface area contributed by atoms with Crippen molar-refractivity contribution in [2.45, 2.75) is 6.54 Å². The predicted octanol–water partition coefficient (Wildman–Crippen LogP) is 1.88. The number of hydrogen-bond donors (Lipinski definition) is 1. The molecule has 0 spiro atoms. The smallest absolute Gasteiger partial charge is 0.127 e. The van der Waals surface area contributed by atoms with Gasteiger partial charge in [-0.15, -0.1) is 0 Å². The van der Waals surface area contributed by atoms with Gasteiger partial charge < -0.3 is 5.32 Å². The Balaban J connectivity index is 1.89. The Morgan fingerprint density at radius 3 is 2.83 bits per heavy atom. The van der Waals surface area contributed by atoms with Gasteiger partial charge in [0.2, 0.25) is 0 Å². The van der Waals surface area contributed by atoms with Crippen LogP contribution in [0.4, 0.5) is 4.39 Å². The fraction of sp³-hybridized carbons (Fsp3) is 0.538. The van der Waals surface area contributed by atoms with E-state index in [9.17, 15) is 4.39 Å². The molecule has 1 aliphatic heterocycles. The first-order chi connectivity index (χ1) is 8.65. The minimum absolute atomic E-state index is 0.134. The molecule has 0 bridgehead atoms. The first kappa shape index (κ1) is 13.9. The van der Waals surface area contributed by atoms with Crippen LogP contribution < -0.4 is 5.32 Å². The average molecular weight is 316 g/mol. The zero-order valence-electron chi connectivity index (χ0n) is 10.6. The summed E-state index contributed by atoms with van der Waals surface area (Å²) in [5.41, 5.74) is 0.738. The van der Waals surface area contributed by atoms with E-state index in [1.54, 1.807) is 6.07 Å². The molecule has 0 aliphatic carbocycles. The number of benzene rings is 1. The van der Waals surface area contributed by atoms with E-state index in [1.165, 1.54) is 6.07 Å². The van der Waals surface area contributed by atoms with Crippen molar-refractivity contribution >= 4 is 15.9 Å². The van der Waals surface area contributed by atoms with Gasteiger partial charge in [0.15, 0.2) is 0 Å². The van der Waals surface area contributed by atoms with Crippen LogP contribution in [0.3, 0.4) is 0 Å². The zero-order valence-corrected chi connectivity index (χ0v) is 12.2. The molecule has 1 saturated heterocycles. The minimum Gasteiger partial charge on any atom is -0.314 e. The van der Waals surface area contributed by atoms with E-state index in [0.717, 1.165) is 42.9 Å². The molecule has 1 fully saturated rings. The SMILES string of the molecule is CN(Cc1cc(Br)ccc1F)CN1CCNCC1. The van der Waals surface area contributed by atoms with E-state index in [4.69, 9.17) is 0 Å². The van der Waals surface area contributed by atoms with Gasteiger partial charge in [0, 0.05) is 42.8 Å². The molecular weight excluding hydrogens is 297 g/mol. The van der Waals surface area contributed by atoms with Crippen molar-refractivity contribution in [2.24, 2.45) is 0 Å². The minimum atomic E-state index is -0.134. The lowest BCUT2D eigenvalue weighted by atomic mass is 10.2. The van der Waals surface area contributed by atoms with Crippen molar-refractivity contribution in [1.29, 1.82) is 0 Å². The molecular formula is C13H19BrFN3. The Kier molecular flexibility index (Phi) is 5.12. The number of rotatable bonds is 4. The van der Waals surface area contributed by atoms with Crippen LogP contribution >= 0.6 is 15.9 Å². The van der Waals surface area contributed by atoms with Crippen LogP contribution in [0.25, 0.3) is 0 Å². The summed E-state index contributed by atoms with van der Waals surface area (Å²) in [5.74, 6) is -0.134. The number of hydrogen-bond acceptors (Lipinski definition) is 3. The summed E-state index contributed by atoms with van der Waals surface area (Å²) in [6.07, 6.45) is 0. The molecule has 3 nitrogen and oxygen atoms in total. The maximum atomic E-state index is 13.6. The molecule has 18 heavy (non-hydrogen) atoms. The highest BCUT2D eigenvalue weighted by Crippen LogP contribution is 2.16. The number of halogens is 2. The van der Waals surface area contributed by atoms with Crippen LogP contribution in [0.5, 0.6) is 0 Å². The Morgan fingerprint density at radius 2 is 2.11 bits per heavy atom. The maximum absolute atomic E-state index is 13.6. The molecule has 0 saturated carbocycles. The highest BCUT2D eigenvalue weighted by molar-refractivity contribution is 9.10. The number of piperazine rings is 1. The fourth-order valence-corrected chi connectivity index (χ4v) is 2.61. The van der Waals surface area contributed by atoms with Crippen LogP contribution in [0.2, 0.25) is 0 Å². The first-order valence-electron chi connectivity index (χ1n) is 6.21. The van der Waals surface area contributed by atoms with Crippen molar-refractivity contribution in [1.82, 2.24) is 15.1 Å². The molecule has 5 heteroatoms. The lowest BCUT2D eigenvalue weighted by molar-refractivity contribution is 0.134. The van der Waals surface area contributed by atoms with Crippen molar-refractivity contribution in [3.63, 3.8) is 0 Å².